The summed E-state index contributed by atoms with van der Waals surface area (Å²) in [5.41, 5.74) is 1.45. The number of hydrogen-bond donors (Lipinski definition) is 2. The molecule has 0 bridgehead atoms. The number of benzene rings is 1. The SMILES string of the molecule is CC(C)(C)OC(=O)NC1CCc2c(C(=O)O)cccc21. The smallest absolute Gasteiger partial charge is 0.408 e. The number of rotatable bonds is 2. The lowest BCUT2D eigenvalue weighted by atomic mass is 10.0. The van der Waals surface area contributed by atoms with Crippen LogP contribution in [-0.2, 0) is 11.2 Å². The summed E-state index contributed by atoms with van der Waals surface area (Å²) in [7, 11) is 0. The minimum absolute atomic E-state index is 0.181. The highest BCUT2D eigenvalue weighted by Crippen LogP contribution is 2.33. The van der Waals surface area contributed by atoms with Crippen molar-refractivity contribution in [1.29, 1.82) is 0 Å². The summed E-state index contributed by atoms with van der Waals surface area (Å²) >= 11 is 0. The first-order valence-corrected chi connectivity index (χ1v) is 6.62. The van der Waals surface area contributed by atoms with Gasteiger partial charge in [0.1, 0.15) is 5.60 Å². The maximum atomic E-state index is 11.8. The van der Waals surface area contributed by atoms with Gasteiger partial charge in [0.2, 0.25) is 0 Å². The summed E-state index contributed by atoms with van der Waals surface area (Å²) in [6, 6.07) is 4.98. The highest BCUT2D eigenvalue weighted by Gasteiger charge is 2.28. The molecule has 5 nitrogen and oxygen atoms in total. The number of fused-ring (bicyclic) bond motifs is 1. The number of nitrogens with one attached hydrogen (secondary N) is 1. The fourth-order valence-electron chi connectivity index (χ4n) is 2.45. The van der Waals surface area contributed by atoms with Gasteiger partial charge in [0.25, 0.3) is 0 Å². The third-order valence-corrected chi connectivity index (χ3v) is 3.19. The Labute approximate surface area is 117 Å². The second kappa shape index (κ2) is 5.15. The van der Waals surface area contributed by atoms with Gasteiger partial charge in [-0.05, 0) is 50.8 Å². The molecule has 0 aliphatic heterocycles. The molecular weight excluding hydrogens is 258 g/mol. The van der Waals surface area contributed by atoms with Crippen LogP contribution in [0.25, 0.3) is 0 Å². The van der Waals surface area contributed by atoms with Gasteiger partial charge in [-0.3, -0.25) is 0 Å². The molecule has 0 saturated carbocycles. The molecule has 1 unspecified atom stereocenters. The molecule has 0 saturated heterocycles. The van der Waals surface area contributed by atoms with E-state index in [0.29, 0.717) is 18.4 Å². The summed E-state index contributed by atoms with van der Waals surface area (Å²) in [5.74, 6) is -0.931. The van der Waals surface area contributed by atoms with E-state index < -0.39 is 17.7 Å². The van der Waals surface area contributed by atoms with Crippen LogP contribution in [-0.4, -0.2) is 22.8 Å². The first-order valence-electron chi connectivity index (χ1n) is 6.62. The van der Waals surface area contributed by atoms with Gasteiger partial charge in [-0.1, -0.05) is 12.1 Å². The molecule has 1 aliphatic carbocycles. The fraction of sp³-hybridized carbons (Fsp3) is 0.467. The molecule has 1 aromatic carbocycles. The van der Waals surface area contributed by atoms with Gasteiger partial charge in [-0.25, -0.2) is 9.59 Å². The van der Waals surface area contributed by atoms with E-state index in [9.17, 15) is 9.59 Å². The molecule has 1 aliphatic rings. The van der Waals surface area contributed by atoms with Crippen molar-refractivity contribution in [2.45, 2.75) is 45.3 Å². The Morgan fingerprint density at radius 1 is 1.35 bits per heavy atom. The Kier molecular flexibility index (Phi) is 3.70. The van der Waals surface area contributed by atoms with E-state index in [4.69, 9.17) is 9.84 Å². The number of alkyl carbamates (subject to hydrolysis) is 1. The monoisotopic (exact) mass is 277 g/mol. The second-order valence-corrected chi connectivity index (χ2v) is 5.92. The topological polar surface area (TPSA) is 75.6 Å². The molecule has 20 heavy (non-hydrogen) atoms. The Morgan fingerprint density at radius 3 is 2.65 bits per heavy atom. The molecule has 0 aromatic heterocycles. The van der Waals surface area contributed by atoms with Crippen LogP contribution in [0.15, 0.2) is 18.2 Å². The van der Waals surface area contributed by atoms with E-state index >= 15 is 0 Å². The lowest BCUT2D eigenvalue weighted by Crippen LogP contribution is -2.34. The van der Waals surface area contributed by atoms with Crippen LogP contribution >= 0.6 is 0 Å². The Morgan fingerprint density at radius 2 is 2.05 bits per heavy atom. The summed E-state index contributed by atoms with van der Waals surface area (Å²) < 4.78 is 5.23. The summed E-state index contributed by atoms with van der Waals surface area (Å²) in [4.78, 5) is 23.0. The van der Waals surface area contributed by atoms with Gasteiger partial charge in [-0.2, -0.15) is 0 Å². The first kappa shape index (κ1) is 14.4. The van der Waals surface area contributed by atoms with Gasteiger partial charge in [0, 0.05) is 0 Å². The maximum absolute atomic E-state index is 11.8. The zero-order valence-electron chi connectivity index (χ0n) is 11.9. The number of ether oxygens (including phenoxy) is 1. The quantitative estimate of drug-likeness (QED) is 0.871. The molecule has 1 amide bonds. The van der Waals surface area contributed by atoms with E-state index in [1.54, 1.807) is 32.9 Å². The highest BCUT2D eigenvalue weighted by molar-refractivity contribution is 5.90. The third kappa shape index (κ3) is 3.10. The molecule has 1 aromatic rings. The second-order valence-electron chi connectivity index (χ2n) is 5.92. The number of carboxylic acid groups (broad SMARTS) is 1. The van der Waals surface area contributed by atoms with Gasteiger partial charge in [0.05, 0.1) is 11.6 Å². The molecule has 0 spiro atoms. The molecule has 2 N–H and O–H groups in total. The van der Waals surface area contributed by atoms with E-state index in [1.165, 1.54) is 0 Å². The molecule has 108 valence electrons. The van der Waals surface area contributed by atoms with Crippen LogP contribution in [0.5, 0.6) is 0 Å². The molecule has 5 heteroatoms. The third-order valence-electron chi connectivity index (χ3n) is 3.19. The number of carbonyl (C=O) groups is 2. The maximum Gasteiger partial charge on any atom is 0.408 e. The number of amides is 1. The van der Waals surface area contributed by atoms with E-state index in [-0.39, 0.29) is 6.04 Å². The van der Waals surface area contributed by atoms with Gasteiger partial charge in [0.15, 0.2) is 0 Å². The first-order chi connectivity index (χ1) is 9.28. The van der Waals surface area contributed by atoms with Crippen molar-refractivity contribution in [1.82, 2.24) is 5.32 Å². The largest absolute Gasteiger partial charge is 0.478 e. The van der Waals surface area contributed by atoms with E-state index in [2.05, 4.69) is 5.32 Å². The normalized spacial score (nSPS) is 17.4. The van der Waals surface area contributed by atoms with Crippen LogP contribution in [0.2, 0.25) is 0 Å². The zero-order chi connectivity index (χ0) is 14.9. The lowest BCUT2D eigenvalue weighted by molar-refractivity contribution is 0.0503. The van der Waals surface area contributed by atoms with E-state index in [1.807, 2.05) is 6.07 Å². The van der Waals surface area contributed by atoms with Crippen molar-refractivity contribution in [2.24, 2.45) is 0 Å². The number of hydrogen-bond acceptors (Lipinski definition) is 3. The molecule has 0 radical (unpaired) electrons. The summed E-state index contributed by atoms with van der Waals surface area (Å²) in [6.45, 7) is 5.41. The summed E-state index contributed by atoms with van der Waals surface area (Å²) in [5, 5.41) is 12.0. The van der Waals surface area contributed by atoms with E-state index in [0.717, 1.165) is 11.1 Å². The number of carboxylic acids is 1. The predicted molar refractivity (Wildman–Crippen MR) is 73.8 cm³/mol. The zero-order valence-corrected chi connectivity index (χ0v) is 11.9. The van der Waals surface area contributed by atoms with Crippen molar-refractivity contribution >= 4 is 12.1 Å². The van der Waals surface area contributed by atoms with Crippen molar-refractivity contribution in [3.05, 3.63) is 34.9 Å². The molecule has 2 rings (SSSR count). The highest BCUT2D eigenvalue weighted by atomic mass is 16.6. The van der Waals surface area contributed by atoms with Gasteiger partial charge >= 0.3 is 12.1 Å². The number of aromatic carboxylic acids is 1. The van der Waals surface area contributed by atoms with Crippen molar-refractivity contribution in [3.63, 3.8) is 0 Å². The molecule has 1 atom stereocenters. The Bertz CT molecular complexity index is 545. The van der Waals surface area contributed by atoms with Crippen LogP contribution in [0.1, 0.15) is 54.7 Å². The van der Waals surface area contributed by atoms with Gasteiger partial charge in [-0.15, -0.1) is 0 Å². The van der Waals surface area contributed by atoms with Crippen molar-refractivity contribution < 1.29 is 19.4 Å². The minimum Gasteiger partial charge on any atom is -0.478 e. The molecule has 0 heterocycles. The van der Waals surface area contributed by atoms with Crippen LogP contribution in [0.4, 0.5) is 4.79 Å². The van der Waals surface area contributed by atoms with Crippen LogP contribution in [0, 0.1) is 0 Å². The standard InChI is InChI=1S/C15H19NO4/c1-15(2,3)20-14(19)16-12-8-7-9-10(12)5-4-6-11(9)13(17)18/h4-6,12H,7-8H2,1-3H3,(H,16,19)(H,17,18). The summed E-state index contributed by atoms with van der Waals surface area (Å²) in [6.07, 6.45) is 0.869. The fourth-order valence-corrected chi connectivity index (χ4v) is 2.45. The Hall–Kier alpha value is -2.04. The van der Waals surface area contributed by atoms with Crippen molar-refractivity contribution in [3.8, 4) is 0 Å². The average Bonchev–Trinajstić information content (AvgIpc) is 2.69. The molecular formula is C15H19NO4. The predicted octanol–water partition coefficient (Wildman–Crippen LogP) is 2.90. The minimum atomic E-state index is -0.931. The lowest BCUT2D eigenvalue weighted by Gasteiger charge is -2.22. The number of carbonyl (C=O) groups excluding carboxylic acids is 1. The van der Waals surface area contributed by atoms with Crippen molar-refractivity contribution in [2.75, 3.05) is 0 Å². The van der Waals surface area contributed by atoms with Crippen LogP contribution in [0.3, 0.4) is 0 Å². The van der Waals surface area contributed by atoms with Gasteiger partial charge < -0.3 is 15.2 Å². The average molecular weight is 277 g/mol. The van der Waals surface area contributed by atoms with Crippen LogP contribution < -0.4 is 5.32 Å². The molecule has 0 fully saturated rings. The Balaban J connectivity index is 2.15.